The van der Waals surface area contributed by atoms with Gasteiger partial charge in [-0.3, -0.25) is 14.4 Å². The van der Waals surface area contributed by atoms with Crippen LogP contribution >= 0.6 is 0 Å². The number of carboxylic acids is 1. The van der Waals surface area contributed by atoms with Crippen molar-refractivity contribution < 1.29 is 33.8 Å². The van der Waals surface area contributed by atoms with Crippen LogP contribution in [0, 0.1) is 22.7 Å². The summed E-state index contributed by atoms with van der Waals surface area (Å²) in [6.45, 7) is 9.11. The van der Waals surface area contributed by atoms with Crippen molar-refractivity contribution in [1.29, 1.82) is 0 Å². The number of hydrogen-bond donors (Lipinski definition) is 2. The monoisotopic (exact) mass is 544 g/mol. The summed E-state index contributed by atoms with van der Waals surface area (Å²) >= 11 is 0. The topological polar surface area (TPSA) is 133 Å². The number of hydrogen-bond acceptors (Lipinski definition) is 7. The van der Waals surface area contributed by atoms with Crippen LogP contribution in [-0.2, 0) is 19.1 Å². The fraction of sp³-hybridized carbons (Fsp3) is 0.655. The number of rotatable bonds is 10. The Labute approximate surface area is 230 Å². The summed E-state index contributed by atoms with van der Waals surface area (Å²) in [5.74, 6) is -2.94. The van der Waals surface area contributed by atoms with E-state index < -0.39 is 41.6 Å². The van der Waals surface area contributed by atoms with Gasteiger partial charge in [-0.25, -0.2) is 4.79 Å². The lowest BCUT2D eigenvalue weighted by molar-refractivity contribution is -0.611. The molecule has 0 saturated carbocycles. The maximum Gasteiger partial charge on any atom is 0.339 e. The Morgan fingerprint density at radius 3 is 2.44 bits per heavy atom. The predicted octanol–water partition coefficient (Wildman–Crippen LogP) is 3.07. The Morgan fingerprint density at radius 1 is 1.15 bits per heavy atom. The first-order valence-electron chi connectivity index (χ1n) is 13.8. The molecule has 2 N–H and O–H groups in total. The second kappa shape index (κ2) is 12.8. The van der Waals surface area contributed by atoms with E-state index >= 15 is 0 Å². The van der Waals surface area contributed by atoms with E-state index in [0.717, 1.165) is 11.2 Å². The van der Waals surface area contributed by atoms with Crippen molar-refractivity contribution in [2.24, 2.45) is 17.8 Å². The number of Topliss-reactive ketones (excluding diaryl/α,β-unsaturated/α-hetero) is 1. The van der Waals surface area contributed by atoms with E-state index in [1.54, 1.807) is 56.0 Å². The van der Waals surface area contributed by atoms with E-state index in [-0.39, 0.29) is 30.1 Å². The second-order valence-corrected chi connectivity index (χ2v) is 11.5. The average Bonchev–Trinajstić information content (AvgIpc) is 2.90. The summed E-state index contributed by atoms with van der Waals surface area (Å²) in [4.78, 5) is 65.0. The molecule has 2 aliphatic heterocycles. The minimum atomic E-state index is -1.36. The number of piperidine rings is 2. The Morgan fingerprint density at radius 2 is 1.82 bits per heavy atom. The molecule has 1 aromatic carbocycles. The van der Waals surface area contributed by atoms with Gasteiger partial charge in [0.05, 0.1) is 23.6 Å². The van der Waals surface area contributed by atoms with Crippen LogP contribution in [0.3, 0.4) is 0 Å². The first kappa shape index (κ1) is 30.4. The molecule has 2 aliphatic rings. The maximum absolute atomic E-state index is 13.5. The van der Waals surface area contributed by atoms with E-state index in [0.29, 0.717) is 37.9 Å². The number of nitroso groups, excluding NO2 is 1. The molecule has 10 nitrogen and oxygen atoms in total. The highest BCUT2D eigenvalue weighted by Crippen LogP contribution is 2.35. The summed E-state index contributed by atoms with van der Waals surface area (Å²) in [7, 11) is 0. The first-order chi connectivity index (χ1) is 18.3. The summed E-state index contributed by atoms with van der Waals surface area (Å²) < 4.78 is 6.67. The number of nitrogens with one attached hydrogen (secondary N) is 1. The van der Waals surface area contributed by atoms with E-state index in [1.165, 1.54) is 6.92 Å². The Kier molecular flexibility index (Phi) is 9.98. The number of nitrogens with zero attached hydrogens (tertiary/aromatic N) is 2. The number of aliphatic carboxylic acids is 1. The van der Waals surface area contributed by atoms with Crippen LogP contribution in [0.25, 0.3) is 0 Å². The number of carboxylic acid groups (broad SMARTS) is 1. The van der Waals surface area contributed by atoms with Gasteiger partial charge in [0.15, 0.2) is 17.9 Å². The van der Waals surface area contributed by atoms with Crippen LogP contribution in [0.1, 0.15) is 70.7 Å². The third-order valence-electron chi connectivity index (χ3n) is 8.30. The molecule has 2 fully saturated rings. The zero-order valence-corrected chi connectivity index (χ0v) is 23.6. The quantitative estimate of drug-likeness (QED) is 0.339. The van der Waals surface area contributed by atoms with Crippen LogP contribution in [0.2, 0.25) is 0 Å². The van der Waals surface area contributed by atoms with E-state index in [4.69, 9.17) is 4.74 Å². The van der Waals surface area contributed by atoms with Crippen molar-refractivity contribution in [3.8, 4) is 0 Å². The molecule has 0 bridgehead atoms. The maximum atomic E-state index is 13.5. The average molecular weight is 545 g/mol. The third-order valence-corrected chi connectivity index (χ3v) is 8.30. The van der Waals surface area contributed by atoms with Crippen molar-refractivity contribution in [3.63, 3.8) is 0 Å². The summed E-state index contributed by atoms with van der Waals surface area (Å²) in [5, 5.41) is 12.7. The molecule has 0 aromatic heterocycles. The Bertz CT molecular complexity index is 1070. The fourth-order valence-corrected chi connectivity index (χ4v) is 6.03. The number of amides is 1. The van der Waals surface area contributed by atoms with Crippen molar-refractivity contribution in [2.45, 2.75) is 84.0 Å². The molecule has 3 rings (SSSR count). The second-order valence-electron chi connectivity index (χ2n) is 11.5. The lowest BCUT2D eigenvalue weighted by Gasteiger charge is -2.41. The van der Waals surface area contributed by atoms with Gasteiger partial charge in [0.2, 0.25) is 11.9 Å². The SMILES string of the molecule is CC(=O)N(CC(C)C(=O)O)[C@@H]1CCC[N+](=O)C1C(C)C1CCNC(C(=O)C(C)(C)OC(=O)c2ccccc2)C1. The molecule has 2 saturated heterocycles. The molecule has 214 valence electrons. The lowest BCUT2D eigenvalue weighted by atomic mass is 9.73. The molecule has 2 heterocycles. The zero-order valence-electron chi connectivity index (χ0n) is 23.6. The molecule has 1 amide bonds. The standard InChI is InChI=1S/C29H41N3O7/c1-18(27(35)36)17-31(20(3)33)24-12-9-15-32(38)25(24)19(2)22-13-14-30-23(16-22)26(34)29(4,5)39-28(37)21-10-7-6-8-11-21/h6-8,10-11,18-19,22-25,30H,9,12-17H2,1-5H3/p+1/t18?,19?,22?,23?,24-,25?/m1/s1. The van der Waals surface area contributed by atoms with Crippen molar-refractivity contribution in [1.82, 2.24) is 10.2 Å². The van der Waals surface area contributed by atoms with Gasteiger partial charge in [-0.2, -0.15) is 0 Å². The van der Waals surface area contributed by atoms with Crippen molar-refractivity contribution in [2.75, 3.05) is 19.6 Å². The molecule has 0 aliphatic carbocycles. The molecular formula is C29H42N3O7+. The van der Waals surface area contributed by atoms with Crippen LogP contribution in [0.4, 0.5) is 0 Å². The molecule has 0 spiro atoms. The van der Waals surface area contributed by atoms with Gasteiger partial charge in [0.1, 0.15) is 0 Å². The molecule has 5 unspecified atom stereocenters. The minimum absolute atomic E-state index is 0.00794. The van der Waals surface area contributed by atoms with Gasteiger partial charge in [-0.05, 0) is 57.7 Å². The summed E-state index contributed by atoms with van der Waals surface area (Å²) in [5.41, 5.74) is -0.987. The largest absolute Gasteiger partial charge is 0.481 e. The first-order valence-corrected chi connectivity index (χ1v) is 13.8. The molecule has 6 atom stereocenters. The van der Waals surface area contributed by atoms with Gasteiger partial charge in [0, 0.05) is 35.5 Å². The number of esters is 1. The predicted molar refractivity (Wildman–Crippen MR) is 144 cm³/mol. The lowest BCUT2D eigenvalue weighted by Crippen LogP contribution is -2.59. The zero-order chi connectivity index (χ0) is 28.9. The van der Waals surface area contributed by atoms with E-state index in [1.807, 2.05) is 6.92 Å². The summed E-state index contributed by atoms with van der Waals surface area (Å²) in [6, 6.07) is 7.06. The van der Waals surface area contributed by atoms with Crippen LogP contribution in [0.15, 0.2) is 30.3 Å². The Balaban J connectivity index is 1.75. The molecule has 1 aromatic rings. The van der Waals surface area contributed by atoms with Gasteiger partial charge >= 0.3 is 11.9 Å². The Hall–Kier alpha value is -3.14. The van der Waals surface area contributed by atoms with Crippen LogP contribution in [0.5, 0.6) is 0 Å². The summed E-state index contributed by atoms with van der Waals surface area (Å²) in [6.07, 6.45) is 2.46. The molecular weight excluding hydrogens is 502 g/mol. The van der Waals surface area contributed by atoms with Gasteiger partial charge in [-0.1, -0.05) is 32.0 Å². The minimum Gasteiger partial charge on any atom is -0.481 e. The van der Waals surface area contributed by atoms with Crippen LogP contribution in [-0.4, -0.2) is 81.8 Å². The van der Waals surface area contributed by atoms with Gasteiger partial charge in [0.25, 0.3) is 0 Å². The number of benzene rings is 1. The van der Waals surface area contributed by atoms with Crippen molar-refractivity contribution >= 4 is 23.6 Å². The highest BCUT2D eigenvalue weighted by Gasteiger charge is 2.50. The van der Waals surface area contributed by atoms with Crippen molar-refractivity contribution in [3.05, 3.63) is 40.8 Å². The number of carbonyl (C=O) groups is 4. The number of ether oxygens (including phenoxy) is 1. The molecule has 39 heavy (non-hydrogen) atoms. The number of carbonyl (C=O) groups excluding carboxylic acids is 3. The van der Waals surface area contributed by atoms with E-state index in [9.17, 15) is 29.2 Å². The molecule has 10 heteroatoms. The third kappa shape index (κ3) is 7.29. The highest BCUT2D eigenvalue weighted by atomic mass is 16.6. The van der Waals surface area contributed by atoms with Gasteiger partial charge in [-0.15, -0.1) is 0 Å². The van der Waals surface area contributed by atoms with Crippen LogP contribution < -0.4 is 5.32 Å². The van der Waals surface area contributed by atoms with E-state index in [2.05, 4.69) is 5.32 Å². The fourth-order valence-electron chi connectivity index (χ4n) is 6.03. The normalized spacial score (nSPS) is 25.3. The smallest absolute Gasteiger partial charge is 0.339 e. The highest BCUT2D eigenvalue weighted by molar-refractivity contribution is 5.96. The molecule has 0 radical (unpaired) electrons. The number of ketones is 1. The van der Waals surface area contributed by atoms with Gasteiger partial charge < -0.3 is 20.1 Å².